The Hall–Kier alpha value is -1.24. The van der Waals surface area contributed by atoms with Gasteiger partial charge >= 0.3 is 0 Å². The van der Waals surface area contributed by atoms with Crippen LogP contribution in [0.3, 0.4) is 0 Å². The molecule has 0 saturated heterocycles. The third-order valence-corrected chi connectivity index (χ3v) is 4.81. The van der Waals surface area contributed by atoms with Gasteiger partial charge in [-0.15, -0.1) is 0 Å². The normalized spacial score (nSPS) is 11.7. The van der Waals surface area contributed by atoms with E-state index in [9.17, 15) is 13.2 Å². The van der Waals surface area contributed by atoms with Gasteiger partial charge in [0, 0.05) is 19.2 Å². The zero-order valence-electron chi connectivity index (χ0n) is 11.3. The van der Waals surface area contributed by atoms with E-state index in [1.165, 1.54) is 23.5 Å². The van der Waals surface area contributed by atoms with Gasteiger partial charge in [-0.2, -0.15) is 0 Å². The molecule has 19 heavy (non-hydrogen) atoms. The van der Waals surface area contributed by atoms with Crippen molar-refractivity contribution in [3.05, 3.63) is 29.8 Å². The van der Waals surface area contributed by atoms with Crippen molar-refractivity contribution >= 4 is 16.3 Å². The van der Waals surface area contributed by atoms with Crippen LogP contribution in [0.2, 0.25) is 0 Å². The van der Waals surface area contributed by atoms with Crippen molar-refractivity contribution in [2.75, 3.05) is 27.2 Å². The largest absolute Gasteiger partial charge is 0.320 e. The average Bonchev–Trinajstić information content (AvgIpc) is 2.43. The Morgan fingerprint density at radius 1 is 1.26 bits per heavy atom. The lowest BCUT2D eigenvalue weighted by molar-refractivity contribution is 0.112. The van der Waals surface area contributed by atoms with Crippen molar-refractivity contribution in [3.63, 3.8) is 0 Å². The summed E-state index contributed by atoms with van der Waals surface area (Å²) in [6.45, 7) is 1.30. The van der Waals surface area contributed by atoms with Crippen LogP contribution in [-0.2, 0) is 10.0 Å². The monoisotopic (exact) mass is 284 g/mol. The SMILES string of the molecule is CNCCCCN(C)S(=O)(=O)c1ccccc1C=O. The standard InChI is InChI=1S/C13H20N2O3S/c1-14-9-5-6-10-15(2)19(17,18)13-8-4-3-7-12(13)11-16/h3-4,7-8,11,14H,5-6,9-10H2,1-2H3. The average molecular weight is 284 g/mol. The molecule has 106 valence electrons. The second-order valence-electron chi connectivity index (χ2n) is 4.29. The number of nitrogens with one attached hydrogen (secondary N) is 1. The molecule has 1 rings (SSSR count). The smallest absolute Gasteiger partial charge is 0.243 e. The minimum absolute atomic E-state index is 0.0705. The lowest BCUT2D eigenvalue weighted by atomic mass is 10.2. The van der Waals surface area contributed by atoms with Crippen molar-refractivity contribution in [1.29, 1.82) is 0 Å². The fourth-order valence-corrected chi connectivity index (χ4v) is 3.11. The van der Waals surface area contributed by atoms with Gasteiger partial charge in [-0.25, -0.2) is 12.7 Å². The molecule has 0 saturated carbocycles. The Morgan fingerprint density at radius 3 is 2.58 bits per heavy atom. The molecule has 0 aliphatic heterocycles. The van der Waals surface area contributed by atoms with Crippen LogP contribution in [0.4, 0.5) is 0 Å². The first-order valence-corrected chi connectivity index (χ1v) is 7.63. The van der Waals surface area contributed by atoms with Crippen molar-refractivity contribution in [3.8, 4) is 0 Å². The number of hydrogen-bond acceptors (Lipinski definition) is 4. The predicted molar refractivity (Wildman–Crippen MR) is 74.8 cm³/mol. The molecule has 0 atom stereocenters. The molecular formula is C13H20N2O3S. The fraction of sp³-hybridized carbons (Fsp3) is 0.462. The maximum atomic E-state index is 12.3. The van der Waals surface area contributed by atoms with Gasteiger partial charge in [0.05, 0.1) is 4.90 Å². The summed E-state index contributed by atoms with van der Waals surface area (Å²) < 4.78 is 26.0. The third-order valence-electron chi connectivity index (χ3n) is 2.88. The summed E-state index contributed by atoms with van der Waals surface area (Å²) in [5.41, 5.74) is 0.199. The molecule has 0 aromatic heterocycles. The van der Waals surface area contributed by atoms with E-state index in [1.54, 1.807) is 12.1 Å². The maximum absolute atomic E-state index is 12.3. The maximum Gasteiger partial charge on any atom is 0.243 e. The number of benzene rings is 1. The molecule has 1 aromatic rings. The second-order valence-corrected chi connectivity index (χ2v) is 6.31. The van der Waals surface area contributed by atoms with Crippen molar-refractivity contribution in [2.24, 2.45) is 0 Å². The lowest BCUT2D eigenvalue weighted by Gasteiger charge is -2.18. The highest BCUT2D eigenvalue weighted by Gasteiger charge is 2.22. The number of rotatable bonds is 8. The van der Waals surface area contributed by atoms with E-state index < -0.39 is 10.0 Å². The molecule has 6 heteroatoms. The van der Waals surface area contributed by atoms with Crippen molar-refractivity contribution in [1.82, 2.24) is 9.62 Å². The Kier molecular flexibility index (Phi) is 6.14. The highest BCUT2D eigenvalue weighted by molar-refractivity contribution is 7.89. The number of unbranched alkanes of at least 4 members (excludes halogenated alkanes) is 1. The van der Waals surface area contributed by atoms with Crippen LogP contribution in [0.5, 0.6) is 0 Å². The van der Waals surface area contributed by atoms with E-state index in [0.29, 0.717) is 12.8 Å². The molecule has 0 heterocycles. The van der Waals surface area contributed by atoms with Gasteiger partial charge < -0.3 is 5.32 Å². The summed E-state index contributed by atoms with van der Waals surface area (Å²) in [6.07, 6.45) is 2.26. The van der Waals surface area contributed by atoms with Crippen LogP contribution >= 0.6 is 0 Å². The minimum Gasteiger partial charge on any atom is -0.320 e. The summed E-state index contributed by atoms with van der Waals surface area (Å²) in [4.78, 5) is 11.0. The van der Waals surface area contributed by atoms with Gasteiger partial charge in [0.1, 0.15) is 0 Å². The molecule has 1 aromatic carbocycles. The summed E-state index contributed by atoms with van der Waals surface area (Å²) in [7, 11) is -0.187. The molecule has 0 aliphatic carbocycles. The molecule has 0 radical (unpaired) electrons. The van der Waals surface area contributed by atoms with Crippen LogP contribution < -0.4 is 5.32 Å². The van der Waals surface area contributed by atoms with Crippen LogP contribution in [0.25, 0.3) is 0 Å². The first kappa shape index (κ1) is 15.8. The van der Waals surface area contributed by atoms with Crippen molar-refractivity contribution in [2.45, 2.75) is 17.7 Å². The Labute approximate surface area is 114 Å². The summed E-state index contributed by atoms with van der Waals surface area (Å²) in [5.74, 6) is 0. The molecule has 0 bridgehead atoms. The first-order chi connectivity index (χ1) is 9.04. The van der Waals surface area contributed by atoms with Crippen LogP contribution in [0.15, 0.2) is 29.2 Å². The van der Waals surface area contributed by atoms with Gasteiger partial charge in [0.15, 0.2) is 6.29 Å². The van der Waals surface area contributed by atoms with Crippen molar-refractivity contribution < 1.29 is 13.2 Å². The number of aldehydes is 1. The van der Waals surface area contributed by atoms with E-state index in [0.717, 1.165) is 19.4 Å². The highest BCUT2D eigenvalue weighted by Crippen LogP contribution is 2.18. The van der Waals surface area contributed by atoms with E-state index in [1.807, 2.05) is 7.05 Å². The Bertz CT molecular complexity index is 514. The van der Waals surface area contributed by atoms with Crippen LogP contribution in [0.1, 0.15) is 23.2 Å². The summed E-state index contributed by atoms with van der Waals surface area (Å²) >= 11 is 0. The summed E-state index contributed by atoms with van der Waals surface area (Å²) in [6, 6.07) is 6.24. The number of nitrogens with zero attached hydrogens (tertiary/aromatic N) is 1. The molecule has 0 amide bonds. The predicted octanol–water partition coefficient (Wildman–Crippen LogP) is 1.12. The van der Waals surface area contributed by atoms with E-state index in [2.05, 4.69) is 5.32 Å². The molecular weight excluding hydrogens is 264 g/mol. The molecule has 0 spiro atoms. The zero-order valence-corrected chi connectivity index (χ0v) is 12.1. The van der Waals surface area contributed by atoms with Gasteiger partial charge in [-0.05, 0) is 32.5 Å². The quantitative estimate of drug-likeness (QED) is 0.574. The highest BCUT2D eigenvalue weighted by atomic mass is 32.2. The minimum atomic E-state index is -3.59. The Morgan fingerprint density at radius 2 is 1.95 bits per heavy atom. The third kappa shape index (κ3) is 4.12. The first-order valence-electron chi connectivity index (χ1n) is 6.19. The summed E-state index contributed by atoms with van der Waals surface area (Å²) in [5, 5.41) is 3.02. The molecule has 0 fully saturated rings. The molecule has 1 N–H and O–H groups in total. The fourth-order valence-electron chi connectivity index (χ4n) is 1.74. The second kappa shape index (κ2) is 7.37. The van der Waals surface area contributed by atoms with E-state index >= 15 is 0 Å². The van der Waals surface area contributed by atoms with Gasteiger partial charge in [-0.1, -0.05) is 18.2 Å². The van der Waals surface area contributed by atoms with Gasteiger partial charge in [-0.3, -0.25) is 4.79 Å². The Balaban J connectivity index is 2.82. The molecule has 5 nitrogen and oxygen atoms in total. The zero-order chi connectivity index (χ0) is 14.3. The van der Waals surface area contributed by atoms with Crippen LogP contribution in [-0.4, -0.2) is 46.2 Å². The van der Waals surface area contributed by atoms with Gasteiger partial charge in [0.25, 0.3) is 0 Å². The topological polar surface area (TPSA) is 66.5 Å². The lowest BCUT2D eigenvalue weighted by Crippen LogP contribution is -2.29. The van der Waals surface area contributed by atoms with E-state index in [-0.39, 0.29) is 10.5 Å². The number of sulfonamides is 1. The van der Waals surface area contributed by atoms with Gasteiger partial charge in [0.2, 0.25) is 10.0 Å². The van der Waals surface area contributed by atoms with E-state index in [4.69, 9.17) is 0 Å². The molecule has 0 unspecified atom stereocenters. The molecule has 0 aliphatic rings. The number of hydrogen-bond donors (Lipinski definition) is 1. The number of carbonyl (C=O) groups excluding carboxylic acids is 1. The number of carbonyl (C=O) groups is 1. The van der Waals surface area contributed by atoms with Crippen LogP contribution in [0, 0.1) is 0 Å².